The zero-order valence-corrected chi connectivity index (χ0v) is 32.9. The maximum absolute atomic E-state index is 12.4. The summed E-state index contributed by atoms with van der Waals surface area (Å²) in [5.74, 6) is 3.89. The molecule has 272 valence electrons. The summed E-state index contributed by atoms with van der Waals surface area (Å²) in [6, 6.07) is 3.39. The van der Waals surface area contributed by atoms with Crippen LogP contribution >= 0.6 is 69.6 Å². The lowest BCUT2D eigenvalue weighted by molar-refractivity contribution is -0.142. The predicted octanol–water partition coefficient (Wildman–Crippen LogP) is 10.0. The molecule has 0 unspecified atom stereocenters. The number of ketones is 1. The van der Waals surface area contributed by atoms with E-state index in [1.807, 2.05) is 13.0 Å². The lowest BCUT2D eigenvalue weighted by Gasteiger charge is -2.60. The number of Topliss-reactive ketones (excluding diaryl/α,β-unsaturated/α-hetero) is 1. The maximum Gasteiger partial charge on any atom is 0.283 e. The molecule has 6 aliphatic carbocycles. The summed E-state index contributed by atoms with van der Waals surface area (Å²) in [6.45, 7) is 6.68. The van der Waals surface area contributed by atoms with Crippen molar-refractivity contribution >= 4 is 75.4 Å². The van der Waals surface area contributed by atoms with Gasteiger partial charge in [-0.2, -0.15) is 4.73 Å². The molecule has 0 spiro atoms. The van der Waals surface area contributed by atoms with Crippen LogP contribution in [-0.4, -0.2) is 59.2 Å². The van der Waals surface area contributed by atoms with E-state index in [0.29, 0.717) is 23.0 Å². The molecule has 7 atom stereocenters. The predicted molar refractivity (Wildman–Crippen MR) is 199 cm³/mol. The van der Waals surface area contributed by atoms with Crippen LogP contribution in [0.3, 0.4) is 0 Å². The summed E-state index contributed by atoms with van der Waals surface area (Å²) >= 11 is 35.3. The zero-order chi connectivity index (χ0) is 35.1. The Hall–Kier alpha value is 0.120. The van der Waals surface area contributed by atoms with Crippen LogP contribution in [0, 0.1) is 41.4 Å². The van der Waals surface area contributed by atoms with Gasteiger partial charge >= 0.3 is 0 Å². The van der Waals surface area contributed by atoms with Gasteiger partial charge in [0.25, 0.3) is 5.56 Å². The lowest BCUT2D eigenvalue weighted by Crippen LogP contribution is -2.54. The molecule has 6 fully saturated rings. The van der Waals surface area contributed by atoms with E-state index in [-0.39, 0.29) is 17.1 Å². The van der Waals surface area contributed by atoms with Crippen LogP contribution in [0.1, 0.15) is 121 Å². The van der Waals surface area contributed by atoms with Gasteiger partial charge in [0.1, 0.15) is 5.78 Å². The first-order valence-corrected chi connectivity index (χ1v) is 20.7. The monoisotopic (exact) mass is 785 g/mol. The molecule has 0 aliphatic heterocycles. The molecule has 0 amide bonds. The molecular formula is C37H53Cl6NO4. The van der Waals surface area contributed by atoms with Crippen LogP contribution in [0.2, 0.25) is 0 Å². The number of aliphatic hydroxyl groups is 1. The fourth-order valence-electron chi connectivity index (χ4n) is 10.5. The Balaban J connectivity index is 0.000000148. The van der Waals surface area contributed by atoms with E-state index in [0.717, 1.165) is 78.7 Å². The number of carbonyl (C=O) groups is 1. The summed E-state index contributed by atoms with van der Waals surface area (Å²) in [5.41, 5.74) is 1.87. The molecule has 5 nitrogen and oxygen atoms in total. The van der Waals surface area contributed by atoms with Crippen molar-refractivity contribution in [2.24, 2.45) is 34.5 Å². The summed E-state index contributed by atoms with van der Waals surface area (Å²) in [7, 11) is 0. The first-order valence-electron chi connectivity index (χ1n) is 18.1. The second kappa shape index (κ2) is 16.0. The van der Waals surface area contributed by atoms with E-state index < -0.39 is 32.3 Å². The van der Waals surface area contributed by atoms with Gasteiger partial charge in [-0.1, -0.05) is 33.1 Å². The quantitative estimate of drug-likeness (QED) is 0.220. The third-order valence-corrected chi connectivity index (χ3v) is 17.4. The highest BCUT2D eigenvalue weighted by molar-refractivity contribution is 6.45. The summed E-state index contributed by atoms with van der Waals surface area (Å²) < 4.78 is 0.822. The van der Waals surface area contributed by atoms with E-state index in [1.54, 1.807) is 0 Å². The van der Waals surface area contributed by atoms with Crippen LogP contribution < -0.4 is 5.56 Å². The Kier molecular flexibility index (Phi) is 13.1. The number of hydrogen-bond acceptors (Lipinski definition) is 4. The molecule has 1 heterocycles. The smallest absolute Gasteiger partial charge is 0.283 e. The van der Waals surface area contributed by atoms with Crippen molar-refractivity contribution < 1.29 is 15.1 Å². The van der Waals surface area contributed by atoms with Gasteiger partial charge in [-0.05, 0) is 112 Å². The van der Waals surface area contributed by atoms with E-state index in [9.17, 15) is 19.9 Å². The van der Waals surface area contributed by atoms with Crippen LogP contribution in [0.25, 0.3) is 0 Å². The van der Waals surface area contributed by atoms with Crippen LogP contribution in [0.4, 0.5) is 0 Å². The van der Waals surface area contributed by atoms with Gasteiger partial charge in [-0.15, -0.1) is 69.6 Å². The van der Waals surface area contributed by atoms with Crippen molar-refractivity contribution in [2.45, 2.75) is 155 Å². The van der Waals surface area contributed by atoms with Gasteiger partial charge in [0.05, 0.1) is 44.1 Å². The van der Waals surface area contributed by atoms with Crippen LogP contribution in [0.15, 0.2) is 16.9 Å². The number of nitrogens with zero attached hydrogens (tertiary/aromatic N) is 1. The summed E-state index contributed by atoms with van der Waals surface area (Å²) in [5, 5.41) is 17.1. The minimum absolute atomic E-state index is 0.0124. The largest absolute Gasteiger partial charge is 0.425 e. The third-order valence-electron chi connectivity index (χ3n) is 13.4. The van der Waals surface area contributed by atoms with Gasteiger partial charge in [-0.25, -0.2) is 0 Å². The number of aliphatic hydroxyl groups excluding tert-OH is 1. The maximum atomic E-state index is 12.4. The number of halogens is 6. The second-order valence-corrected chi connectivity index (χ2v) is 19.1. The summed E-state index contributed by atoms with van der Waals surface area (Å²) in [4.78, 5) is 23.8. The van der Waals surface area contributed by atoms with Crippen molar-refractivity contribution in [1.29, 1.82) is 0 Å². The van der Waals surface area contributed by atoms with Crippen LogP contribution in [0.5, 0.6) is 0 Å². The molecular weight excluding hydrogens is 735 g/mol. The van der Waals surface area contributed by atoms with E-state index >= 15 is 0 Å². The van der Waals surface area contributed by atoms with Crippen molar-refractivity contribution in [3.8, 4) is 0 Å². The van der Waals surface area contributed by atoms with Crippen molar-refractivity contribution in [1.82, 2.24) is 4.73 Å². The minimum atomic E-state index is -0.437. The molecule has 7 rings (SSSR count). The van der Waals surface area contributed by atoms with Gasteiger partial charge in [0.2, 0.25) is 0 Å². The lowest BCUT2D eigenvalue weighted by atomic mass is 9.45. The number of fused-ring (bicyclic) bond motifs is 5. The molecule has 48 heavy (non-hydrogen) atoms. The van der Waals surface area contributed by atoms with E-state index in [1.165, 1.54) is 51.0 Å². The normalized spacial score (nSPS) is 44.2. The Bertz CT molecular complexity index is 1280. The zero-order valence-electron chi connectivity index (χ0n) is 28.4. The molecule has 6 saturated carbocycles. The molecule has 11 heteroatoms. The first kappa shape index (κ1) is 39.3. The highest BCUT2D eigenvalue weighted by Gasteiger charge is 2.60. The number of aromatic nitrogens is 1. The van der Waals surface area contributed by atoms with Crippen molar-refractivity contribution in [3.05, 3.63) is 33.7 Å². The number of hydrogen-bond donors (Lipinski definition) is 2. The molecule has 0 radical (unpaired) electrons. The van der Waals surface area contributed by atoms with Crippen molar-refractivity contribution in [2.75, 3.05) is 0 Å². The molecule has 1 aromatic heterocycles. The fraction of sp³-hybridized carbons (Fsp3) is 0.838. The third kappa shape index (κ3) is 7.74. The number of pyridine rings is 1. The Morgan fingerprint density at radius 2 is 1.31 bits per heavy atom. The highest BCUT2D eigenvalue weighted by Crippen LogP contribution is 2.65. The average molecular weight is 789 g/mol. The van der Waals surface area contributed by atoms with E-state index in [4.69, 9.17) is 69.6 Å². The van der Waals surface area contributed by atoms with Gasteiger partial charge in [0.15, 0.2) is 0 Å². The van der Waals surface area contributed by atoms with E-state index in [2.05, 4.69) is 13.8 Å². The first-order chi connectivity index (χ1) is 22.6. The standard InChI is InChI=1S/C19H30O2.C12H17NO2.C6H6Cl6/c1-18-9-7-13(20)11-12(18)3-4-14-15-5-6-17(21)19(15,2)10-8-16(14)18;1-9-7-11(13(15)12(14)8-9)10-5-3-2-4-6-10;7-1-2(8)4(10)6(12)5(11)3(1)9/h12-16,20H,3-11H2,1-2H3;7-8,10,15H,2-6H2,1H3;1-6H/t12-,13+,14-,15-,16-,18-,19-;;/m0../s1. The summed E-state index contributed by atoms with van der Waals surface area (Å²) in [6.07, 6.45) is 16.0. The molecule has 0 aromatic carbocycles. The van der Waals surface area contributed by atoms with Crippen LogP contribution in [-0.2, 0) is 4.79 Å². The van der Waals surface area contributed by atoms with Crippen molar-refractivity contribution in [3.63, 3.8) is 0 Å². The number of rotatable bonds is 1. The SMILES string of the molecule is C[C@]12CC[C@@H](O)C[C@@H]1CC[C@@H]1[C@@H]2CC[C@]2(C)C(=O)CC[C@@H]12.Cc1cc(C2CCCCC2)n(O)c(=O)c1.ClC1C(Cl)C(Cl)C(Cl)C(Cl)C1Cl. The second-order valence-electron chi connectivity index (χ2n) is 16.1. The minimum Gasteiger partial charge on any atom is -0.425 e. The van der Waals surface area contributed by atoms with Gasteiger partial charge in [0, 0.05) is 23.8 Å². The Labute approximate surface area is 316 Å². The molecule has 2 N–H and O–H groups in total. The number of aryl methyl sites for hydroxylation is 1. The number of carbonyl (C=O) groups excluding carboxylic acids is 1. The van der Waals surface area contributed by atoms with Gasteiger partial charge < -0.3 is 10.3 Å². The fourth-order valence-corrected chi connectivity index (χ4v) is 12.8. The Morgan fingerprint density at radius 1 is 0.729 bits per heavy atom. The van der Waals surface area contributed by atoms with Gasteiger partial charge in [-0.3, -0.25) is 9.59 Å². The molecule has 1 aromatic rings. The number of alkyl halides is 6. The molecule has 0 bridgehead atoms. The molecule has 0 saturated heterocycles. The highest BCUT2D eigenvalue weighted by atomic mass is 35.5. The Morgan fingerprint density at radius 3 is 1.90 bits per heavy atom. The average Bonchev–Trinajstić information content (AvgIpc) is 3.38. The molecule has 6 aliphatic rings. The topological polar surface area (TPSA) is 79.5 Å².